The van der Waals surface area contributed by atoms with Gasteiger partial charge in [0, 0.05) is 38.1 Å². The van der Waals surface area contributed by atoms with Crippen molar-refractivity contribution in [2.45, 2.75) is 0 Å². The minimum Gasteiger partial charge on any atom is -0.309 e. The second-order valence-corrected chi connectivity index (χ2v) is 11.8. The third kappa shape index (κ3) is 4.10. The van der Waals surface area contributed by atoms with Crippen molar-refractivity contribution in [3.63, 3.8) is 0 Å². The molecule has 1 heterocycles. The molecule has 8 aromatic rings. The SMILES string of the molecule is O=[N+]([O-])c1cc(Br)ccc1-c1cccc(-n2c3ccccc3c3c4ccccc4cc(-c4cc5ccccc5cc4F)c32)c1. The summed E-state index contributed by atoms with van der Waals surface area (Å²) in [6, 6.07) is 42.6. The molecule has 0 unspecified atom stereocenters. The minimum atomic E-state index is -0.361. The molecule has 0 saturated heterocycles. The fraction of sp³-hybridized carbons (Fsp3) is 0. The average Bonchev–Trinajstić information content (AvgIpc) is 3.40. The summed E-state index contributed by atoms with van der Waals surface area (Å²) < 4.78 is 18.9. The number of hydrogen-bond donors (Lipinski definition) is 0. The van der Waals surface area contributed by atoms with Crippen molar-refractivity contribution in [2.24, 2.45) is 0 Å². The van der Waals surface area contributed by atoms with E-state index in [4.69, 9.17) is 0 Å². The molecule has 0 aliphatic heterocycles. The Labute approximate surface area is 259 Å². The number of nitro benzene ring substituents is 1. The summed E-state index contributed by atoms with van der Waals surface area (Å²) in [7, 11) is 0. The number of aromatic nitrogens is 1. The third-order valence-corrected chi connectivity index (χ3v) is 8.85. The van der Waals surface area contributed by atoms with Crippen LogP contribution in [0, 0.1) is 15.9 Å². The van der Waals surface area contributed by atoms with Crippen molar-refractivity contribution in [1.29, 1.82) is 0 Å². The van der Waals surface area contributed by atoms with Gasteiger partial charge in [0.05, 0.1) is 21.5 Å². The zero-order valence-electron chi connectivity index (χ0n) is 23.2. The Hall–Kier alpha value is -5.33. The summed E-state index contributed by atoms with van der Waals surface area (Å²) in [5.41, 5.74) is 5.21. The van der Waals surface area contributed by atoms with Crippen LogP contribution in [0.1, 0.15) is 0 Å². The number of benzene rings is 7. The van der Waals surface area contributed by atoms with Crippen molar-refractivity contribution in [1.82, 2.24) is 4.57 Å². The standard InChI is InChI=1S/C38H22BrFN2O2/c39-27-16-17-29(36(22-27)42(43)44)25-11-7-12-28(18-25)41-35-15-6-5-14-31(35)37-30-13-4-3-10-26(30)20-33(38(37)41)32-19-23-8-1-2-9-24(23)21-34(32)40/h1-22H. The Morgan fingerprint density at radius 3 is 2.11 bits per heavy atom. The van der Waals surface area contributed by atoms with E-state index < -0.39 is 0 Å². The van der Waals surface area contributed by atoms with Crippen molar-refractivity contribution in [2.75, 3.05) is 0 Å². The van der Waals surface area contributed by atoms with E-state index in [9.17, 15) is 10.1 Å². The first-order chi connectivity index (χ1) is 21.5. The molecule has 44 heavy (non-hydrogen) atoms. The quantitative estimate of drug-likeness (QED) is 0.142. The third-order valence-electron chi connectivity index (χ3n) is 8.36. The Morgan fingerprint density at radius 1 is 0.636 bits per heavy atom. The summed E-state index contributed by atoms with van der Waals surface area (Å²) in [6.45, 7) is 0. The number of para-hydroxylation sites is 1. The molecule has 4 nitrogen and oxygen atoms in total. The molecular weight excluding hydrogens is 615 g/mol. The molecule has 6 heteroatoms. The molecule has 0 N–H and O–H groups in total. The summed E-state index contributed by atoms with van der Waals surface area (Å²) in [5.74, 6) is -0.295. The van der Waals surface area contributed by atoms with E-state index in [1.54, 1.807) is 12.1 Å². The molecule has 0 saturated carbocycles. The van der Waals surface area contributed by atoms with Crippen LogP contribution in [0.25, 0.3) is 71.3 Å². The molecule has 0 atom stereocenters. The number of nitrogens with zero attached hydrogens (tertiary/aromatic N) is 2. The molecule has 0 amide bonds. The van der Waals surface area contributed by atoms with Crippen molar-refractivity contribution in [3.8, 4) is 27.9 Å². The van der Waals surface area contributed by atoms with Gasteiger partial charge in [-0.25, -0.2) is 4.39 Å². The molecule has 8 rings (SSSR count). The van der Waals surface area contributed by atoms with Crippen LogP contribution in [-0.2, 0) is 0 Å². The minimum absolute atomic E-state index is 0.0173. The summed E-state index contributed by atoms with van der Waals surface area (Å²) >= 11 is 3.37. The van der Waals surface area contributed by atoms with Crippen LogP contribution < -0.4 is 0 Å². The largest absolute Gasteiger partial charge is 0.309 e. The number of fused-ring (bicyclic) bond motifs is 6. The molecule has 1 aromatic heterocycles. The van der Waals surface area contributed by atoms with Crippen LogP contribution in [0.2, 0.25) is 0 Å². The van der Waals surface area contributed by atoms with Gasteiger partial charge in [-0.3, -0.25) is 10.1 Å². The van der Waals surface area contributed by atoms with E-state index in [0.29, 0.717) is 21.2 Å². The maximum atomic E-state index is 16.1. The number of nitro groups is 1. The predicted molar refractivity (Wildman–Crippen MR) is 181 cm³/mol. The Bertz CT molecular complexity index is 2470. The zero-order chi connectivity index (χ0) is 29.9. The van der Waals surface area contributed by atoms with E-state index >= 15 is 4.39 Å². The van der Waals surface area contributed by atoms with Crippen molar-refractivity contribution in [3.05, 3.63) is 154 Å². The molecule has 0 aliphatic carbocycles. The van der Waals surface area contributed by atoms with Crippen LogP contribution in [0.3, 0.4) is 0 Å². The van der Waals surface area contributed by atoms with Gasteiger partial charge in [0.1, 0.15) is 5.82 Å². The first-order valence-electron chi connectivity index (χ1n) is 14.2. The Kier molecular flexibility index (Phi) is 6.06. The molecule has 210 valence electrons. The lowest BCUT2D eigenvalue weighted by molar-refractivity contribution is -0.384. The molecule has 0 bridgehead atoms. The predicted octanol–water partition coefficient (Wildman–Crippen LogP) is 11.2. The van der Waals surface area contributed by atoms with Crippen LogP contribution >= 0.6 is 15.9 Å². The Balaban J connectivity index is 1.51. The lowest BCUT2D eigenvalue weighted by Crippen LogP contribution is -1.98. The van der Waals surface area contributed by atoms with Gasteiger partial charge in [0.2, 0.25) is 0 Å². The topological polar surface area (TPSA) is 48.1 Å². The molecule has 0 radical (unpaired) electrons. The maximum absolute atomic E-state index is 16.1. The van der Waals surface area contributed by atoms with Gasteiger partial charge in [-0.05, 0) is 75.6 Å². The molecule has 0 fully saturated rings. The normalized spacial score (nSPS) is 11.6. The van der Waals surface area contributed by atoms with Gasteiger partial charge < -0.3 is 4.57 Å². The molecular formula is C38H22BrFN2O2. The van der Waals surface area contributed by atoms with Gasteiger partial charge in [0.25, 0.3) is 5.69 Å². The first kappa shape index (κ1) is 26.3. The lowest BCUT2D eigenvalue weighted by atomic mass is 9.94. The smallest absolute Gasteiger partial charge is 0.278 e. The highest BCUT2D eigenvalue weighted by Crippen LogP contribution is 2.44. The van der Waals surface area contributed by atoms with Gasteiger partial charge in [0.15, 0.2) is 0 Å². The number of halogens is 2. The molecule has 0 spiro atoms. The fourth-order valence-corrected chi connectivity index (χ4v) is 6.80. The summed E-state index contributed by atoms with van der Waals surface area (Å²) in [6.07, 6.45) is 0. The summed E-state index contributed by atoms with van der Waals surface area (Å²) in [4.78, 5) is 11.6. The second-order valence-electron chi connectivity index (χ2n) is 10.9. The van der Waals surface area contributed by atoms with Gasteiger partial charge in [-0.2, -0.15) is 0 Å². The molecule has 0 aliphatic rings. The summed E-state index contributed by atoms with van der Waals surface area (Å²) in [5, 5.41) is 18.0. The van der Waals surface area contributed by atoms with Gasteiger partial charge >= 0.3 is 0 Å². The Morgan fingerprint density at radius 2 is 1.32 bits per heavy atom. The lowest BCUT2D eigenvalue weighted by Gasteiger charge is -2.15. The van der Waals surface area contributed by atoms with Crippen molar-refractivity contribution >= 4 is 65.0 Å². The van der Waals surface area contributed by atoms with Crippen LogP contribution in [-0.4, -0.2) is 9.49 Å². The van der Waals surface area contributed by atoms with E-state index in [1.165, 1.54) is 6.07 Å². The van der Waals surface area contributed by atoms with E-state index in [2.05, 4.69) is 50.8 Å². The number of rotatable bonds is 4. The molecule has 7 aromatic carbocycles. The monoisotopic (exact) mass is 636 g/mol. The fourth-order valence-electron chi connectivity index (χ4n) is 6.45. The van der Waals surface area contributed by atoms with Gasteiger partial charge in [-0.1, -0.05) is 94.8 Å². The first-order valence-corrected chi connectivity index (χ1v) is 15.0. The highest BCUT2D eigenvalue weighted by Gasteiger charge is 2.22. The average molecular weight is 638 g/mol. The van der Waals surface area contributed by atoms with Crippen LogP contribution in [0.4, 0.5) is 10.1 Å². The highest BCUT2D eigenvalue weighted by molar-refractivity contribution is 9.10. The highest BCUT2D eigenvalue weighted by atomic mass is 79.9. The van der Waals surface area contributed by atoms with Gasteiger partial charge in [-0.15, -0.1) is 0 Å². The van der Waals surface area contributed by atoms with E-state index in [-0.39, 0.29) is 16.4 Å². The van der Waals surface area contributed by atoms with Crippen molar-refractivity contribution < 1.29 is 9.31 Å². The number of hydrogen-bond acceptors (Lipinski definition) is 2. The second kappa shape index (κ2) is 10.1. The van der Waals surface area contributed by atoms with Crippen LogP contribution in [0.5, 0.6) is 0 Å². The zero-order valence-corrected chi connectivity index (χ0v) is 24.8. The van der Waals surface area contributed by atoms with Crippen LogP contribution in [0.15, 0.2) is 138 Å². The maximum Gasteiger partial charge on any atom is 0.278 e. The van der Waals surface area contributed by atoms with E-state index in [0.717, 1.165) is 54.6 Å². The van der Waals surface area contributed by atoms with E-state index in [1.807, 2.05) is 84.9 Å².